The minimum absolute atomic E-state index is 0.126. The van der Waals surface area contributed by atoms with Gasteiger partial charge in [0, 0.05) is 31.9 Å². The van der Waals surface area contributed by atoms with Crippen LogP contribution in [0.3, 0.4) is 0 Å². The molecule has 1 aromatic carbocycles. The van der Waals surface area contributed by atoms with Crippen molar-refractivity contribution in [2.75, 3.05) is 38.2 Å². The molecular weight excluding hydrogens is 352 g/mol. The molecule has 1 aliphatic rings. The van der Waals surface area contributed by atoms with Gasteiger partial charge >= 0.3 is 0 Å². The van der Waals surface area contributed by atoms with E-state index >= 15 is 0 Å². The molecule has 0 bridgehead atoms. The second-order valence-electron chi connectivity index (χ2n) is 8.99. The summed E-state index contributed by atoms with van der Waals surface area (Å²) in [5, 5.41) is 12.7. The Bertz CT molecular complexity index is 741. The smallest absolute Gasteiger partial charge is 0.168 e. The third kappa shape index (κ3) is 4.63. The zero-order valence-corrected chi connectivity index (χ0v) is 18.1. The lowest BCUT2D eigenvalue weighted by Crippen LogP contribution is -2.48. The molecule has 0 spiro atoms. The van der Waals surface area contributed by atoms with E-state index in [1.165, 1.54) is 5.69 Å². The Balaban J connectivity index is 1.74. The number of methoxy groups -OCH3 is 1. The predicted molar refractivity (Wildman–Crippen MR) is 112 cm³/mol. The first-order chi connectivity index (χ1) is 13.3. The fourth-order valence-corrected chi connectivity index (χ4v) is 3.83. The SMILES string of the molecule is COc1ccc(N2CCN(C(CC(C)C)c3nnnn3C(C)(C)C)CC2)cc1. The molecule has 1 fully saturated rings. The number of hydrogen-bond donors (Lipinski definition) is 0. The van der Waals surface area contributed by atoms with Crippen LogP contribution < -0.4 is 9.64 Å². The van der Waals surface area contributed by atoms with Gasteiger partial charge in [-0.25, -0.2) is 4.68 Å². The molecule has 28 heavy (non-hydrogen) atoms. The number of aromatic nitrogens is 4. The van der Waals surface area contributed by atoms with E-state index in [0.717, 1.165) is 44.2 Å². The van der Waals surface area contributed by atoms with E-state index in [0.29, 0.717) is 5.92 Å². The maximum Gasteiger partial charge on any atom is 0.168 e. The van der Waals surface area contributed by atoms with Crippen LogP contribution in [-0.4, -0.2) is 58.4 Å². The van der Waals surface area contributed by atoms with E-state index in [4.69, 9.17) is 4.74 Å². The Morgan fingerprint density at radius 1 is 1.04 bits per heavy atom. The van der Waals surface area contributed by atoms with Crippen molar-refractivity contribution < 1.29 is 4.74 Å². The molecular formula is C21H34N6O. The lowest BCUT2D eigenvalue weighted by atomic mass is 9.99. The van der Waals surface area contributed by atoms with Gasteiger partial charge in [-0.3, -0.25) is 4.90 Å². The summed E-state index contributed by atoms with van der Waals surface area (Å²) < 4.78 is 7.27. The first-order valence-electron chi connectivity index (χ1n) is 10.2. The minimum Gasteiger partial charge on any atom is -0.497 e. The van der Waals surface area contributed by atoms with Gasteiger partial charge < -0.3 is 9.64 Å². The molecule has 7 heteroatoms. The number of ether oxygens (including phenoxy) is 1. The summed E-state index contributed by atoms with van der Waals surface area (Å²) in [6, 6.07) is 8.58. The molecule has 7 nitrogen and oxygen atoms in total. The average Bonchev–Trinajstić information content (AvgIpc) is 3.16. The van der Waals surface area contributed by atoms with Crippen molar-refractivity contribution in [3.63, 3.8) is 0 Å². The largest absolute Gasteiger partial charge is 0.497 e. The molecule has 1 aromatic heterocycles. The van der Waals surface area contributed by atoms with Gasteiger partial charge in [-0.2, -0.15) is 0 Å². The summed E-state index contributed by atoms with van der Waals surface area (Å²) in [6.07, 6.45) is 1.05. The summed E-state index contributed by atoms with van der Waals surface area (Å²) in [5.41, 5.74) is 1.12. The summed E-state index contributed by atoms with van der Waals surface area (Å²) >= 11 is 0. The average molecular weight is 387 g/mol. The molecule has 1 saturated heterocycles. The molecule has 0 radical (unpaired) electrons. The molecule has 1 unspecified atom stereocenters. The Labute approximate surface area is 168 Å². The number of hydrogen-bond acceptors (Lipinski definition) is 6. The van der Waals surface area contributed by atoms with Crippen LogP contribution in [0.5, 0.6) is 5.75 Å². The third-order valence-corrected chi connectivity index (χ3v) is 5.31. The number of piperazine rings is 1. The molecule has 0 saturated carbocycles. The van der Waals surface area contributed by atoms with E-state index in [2.05, 4.69) is 72.1 Å². The highest BCUT2D eigenvalue weighted by Crippen LogP contribution is 2.30. The standard InChI is InChI=1S/C21H34N6O/c1-16(2)15-19(20-22-23-24-27(20)21(3,4)5)26-13-11-25(12-14-26)17-7-9-18(28-6)10-8-17/h7-10,16,19H,11-15H2,1-6H3. The number of anilines is 1. The van der Waals surface area contributed by atoms with Gasteiger partial charge in [-0.05, 0) is 67.8 Å². The molecule has 0 N–H and O–H groups in total. The van der Waals surface area contributed by atoms with Crippen LogP contribution in [0, 0.1) is 5.92 Å². The lowest BCUT2D eigenvalue weighted by Gasteiger charge is -2.40. The molecule has 2 aromatic rings. The number of nitrogens with zero attached hydrogens (tertiary/aromatic N) is 6. The van der Waals surface area contributed by atoms with Gasteiger partial charge in [0.2, 0.25) is 0 Å². The maximum absolute atomic E-state index is 5.27. The number of benzene rings is 1. The lowest BCUT2D eigenvalue weighted by molar-refractivity contribution is 0.146. The first kappa shape index (κ1) is 20.6. The van der Waals surface area contributed by atoms with Crippen molar-refractivity contribution in [1.82, 2.24) is 25.1 Å². The van der Waals surface area contributed by atoms with E-state index in [1.807, 2.05) is 16.8 Å². The molecule has 0 amide bonds. The highest BCUT2D eigenvalue weighted by atomic mass is 16.5. The molecule has 154 valence electrons. The van der Waals surface area contributed by atoms with E-state index in [9.17, 15) is 0 Å². The topological polar surface area (TPSA) is 59.3 Å². The van der Waals surface area contributed by atoms with Crippen LogP contribution >= 0.6 is 0 Å². The summed E-state index contributed by atoms with van der Waals surface area (Å²) in [5.74, 6) is 2.46. The Morgan fingerprint density at radius 3 is 2.21 bits per heavy atom. The number of tetrazole rings is 1. The van der Waals surface area contributed by atoms with Gasteiger partial charge in [-0.1, -0.05) is 13.8 Å². The van der Waals surface area contributed by atoms with E-state index in [1.54, 1.807) is 7.11 Å². The predicted octanol–water partition coefficient (Wildman–Crippen LogP) is 3.35. The summed E-state index contributed by atoms with van der Waals surface area (Å²) in [7, 11) is 1.70. The molecule has 2 heterocycles. The Morgan fingerprint density at radius 2 is 1.68 bits per heavy atom. The van der Waals surface area contributed by atoms with Crippen LogP contribution in [0.15, 0.2) is 24.3 Å². The van der Waals surface area contributed by atoms with E-state index in [-0.39, 0.29) is 11.6 Å². The Hall–Kier alpha value is -2.15. The summed E-state index contributed by atoms with van der Waals surface area (Å²) in [6.45, 7) is 15.0. The second kappa shape index (κ2) is 8.47. The Kier molecular flexibility index (Phi) is 6.23. The van der Waals surface area contributed by atoms with Gasteiger partial charge in [0.1, 0.15) is 5.75 Å². The van der Waals surface area contributed by atoms with Crippen molar-refractivity contribution in [1.29, 1.82) is 0 Å². The van der Waals surface area contributed by atoms with Gasteiger partial charge in [-0.15, -0.1) is 5.10 Å². The van der Waals surface area contributed by atoms with Crippen molar-refractivity contribution in [3.8, 4) is 5.75 Å². The highest BCUT2D eigenvalue weighted by Gasteiger charge is 2.32. The fourth-order valence-electron chi connectivity index (χ4n) is 3.83. The fraction of sp³-hybridized carbons (Fsp3) is 0.667. The monoisotopic (exact) mass is 386 g/mol. The van der Waals surface area contributed by atoms with Crippen LogP contribution in [0.2, 0.25) is 0 Å². The number of rotatable bonds is 6. The van der Waals surface area contributed by atoms with Crippen LogP contribution in [0.25, 0.3) is 0 Å². The highest BCUT2D eigenvalue weighted by molar-refractivity contribution is 5.49. The molecule has 1 aliphatic heterocycles. The van der Waals surface area contributed by atoms with Crippen molar-refractivity contribution in [3.05, 3.63) is 30.1 Å². The van der Waals surface area contributed by atoms with Crippen molar-refractivity contribution in [2.45, 2.75) is 52.6 Å². The molecule has 0 aliphatic carbocycles. The van der Waals surface area contributed by atoms with Crippen molar-refractivity contribution in [2.24, 2.45) is 5.92 Å². The van der Waals surface area contributed by atoms with Gasteiger partial charge in [0.25, 0.3) is 0 Å². The molecule has 3 rings (SSSR count). The first-order valence-corrected chi connectivity index (χ1v) is 10.2. The van der Waals surface area contributed by atoms with Crippen LogP contribution in [0.4, 0.5) is 5.69 Å². The van der Waals surface area contributed by atoms with Gasteiger partial charge in [0.05, 0.1) is 18.7 Å². The zero-order valence-electron chi connectivity index (χ0n) is 18.1. The zero-order chi connectivity index (χ0) is 20.3. The molecule has 1 atom stereocenters. The second-order valence-corrected chi connectivity index (χ2v) is 8.99. The van der Waals surface area contributed by atoms with Gasteiger partial charge in [0.15, 0.2) is 5.82 Å². The maximum atomic E-state index is 5.27. The van der Waals surface area contributed by atoms with Crippen LogP contribution in [0.1, 0.15) is 52.9 Å². The van der Waals surface area contributed by atoms with E-state index < -0.39 is 0 Å². The minimum atomic E-state index is -0.126. The quantitative estimate of drug-likeness (QED) is 0.759. The third-order valence-electron chi connectivity index (χ3n) is 5.31. The summed E-state index contributed by atoms with van der Waals surface area (Å²) in [4.78, 5) is 4.99. The normalized spacial score (nSPS) is 17.2. The van der Waals surface area contributed by atoms with Crippen molar-refractivity contribution >= 4 is 5.69 Å². The van der Waals surface area contributed by atoms with Crippen LogP contribution in [-0.2, 0) is 5.54 Å².